The van der Waals surface area contributed by atoms with Crippen molar-refractivity contribution in [2.75, 3.05) is 31.6 Å². The second-order valence-electron chi connectivity index (χ2n) is 11.1. The average Bonchev–Trinajstić information content (AvgIpc) is 3.74. The number of fused-ring (bicyclic) bond motifs is 2. The van der Waals surface area contributed by atoms with E-state index >= 15 is 4.39 Å². The van der Waals surface area contributed by atoms with Crippen LogP contribution in [0.3, 0.4) is 0 Å². The third-order valence-corrected chi connectivity index (χ3v) is 8.41. The van der Waals surface area contributed by atoms with Crippen LogP contribution in [0.1, 0.15) is 67.8 Å². The minimum atomic E-state index is -0.897. The second kappa shape index (κ2) is 12.0. The molecule has 2 N–H and O–H groups in total. The number of carbonyl (C=O) groups is 1. The van der Waals surface area contributed by atoms with Gasteiger partial charge >= 0.3 is 5.97 Å². The summed E-state index contributed by atoms with van der Waals surface area (Å²) in [6.07, 6.45) is 8.04. The van der Waals surface area contributed by atoms with Gasteiger partial charge in [-0.05, 0) is 63.1 Å². The number of aromatic amines is 1. The second-order valence-corrected chi connectivity index (χ2v) is 11.1. The SMILES string of the molecule is O=C(OC1CCCO1)[C@H](c1cccc2cn[nH]c12)N1CC[C@@H]([C@@H](F)CCCCc2ccc3c(n2)NCCC3)C1. The number of ether oxygens (including phenoxy) is 2. The molecule has 3 aliphatic rings. The fourth-order valence-corrected chi connectivity index (χ4v) is 6.26. The van der Waals surface area contributed by atoms with Crippen molar-refractivity contribution in [1.29, 1.82) is 0 Å². The lowest BCUT2D eigenvalue weighted by atomic mass is 9.97. The Morgan fingerprint density at radius 2 is 2.15 bits per heavy atom. The van der Waals surface area contributed by atoms with Crippen molar-refractivity contribution in [1.82, 2.24) is 20.1 Å². The van der Waals surface area contributed by atoms with Crippen molar-refractivity contribution in [2.24, 2.45) is 5.92 Å². The number of para-hydroxylation sites is 1. The van der Waals surface area contributed by atoms with Crippen LogP contribution in [0.15, 0.2) is 36.5 Å². The van der Waals surface area contributed by atoms with Crippen molar-refractivity contribution >= 4 is 22.7 Å². The number of unbranched alkanes of at least 4 members (excludes halogenated alkanes) is 1. The van der Waals surface area contributed by atoms with Gasteiger partial charge in [0.05, 0.1) is 18.3 Å². The first-order valence-electron chi connectivity index (χ1n) is 14.5. The summed E-state index contributed by atoms with van der Waals surface area (Å²) in [7, 11) is 0. The van der Waals surface area contributed by atoms with Gasteiger partial charge in [-0.1, -0.05) is 30.7 Å². The van der Waals surface area contributed by atoms with Gasteiger partial charge in [-0.15, -0.1) is 0 Å². The summed E-state index contributed by atoms with van der Waals surface area (Å²) in [4.78, 5) is 20.3. The Balaban J connectivity index is 1.06. The molecular formula is C30H38FN5O3. The first kappa shape index (κ1) is 26.2. The number of benzene rings is 1. The van der Waals surface area contributed by atoms with E-state index in [1.165, 1.54) is 5.56 Å². The first-order chi connectivity index (χ1) is 19.2. The Bertz CT molecular complexity index is 1280. The summed E-state index contributed by atoms with van der Waals surface area (Å²) in [5, 5.41) is 11.5. The minimum absolute atomic E-state index is 0.102. The van der Waals surface area contributed by atoms with Crippen LogP contribution < -0.4 is 5.32 Å². The number of nitrogens with one attached hydrogen (secondary N) is 2. The van der Waals surface area contributed by atoms with Gasteiger partial charge in [0.1, 0.15) is 18.0 Å². The number of anilines is 1. The molecule has 5 heterocycles. The highest BCUT2D eigenvalue weighted by atomic mass is 19.1. The fraction of sp³-hybridized carbons (Fsp3) is 0.567. The number of hydrogen-bond acceptors (Lipinski definition) is 7. The number of nitrogens with zero attached hydrogens (tertiary/aromatic N) is 3. The lowest BCUT2D eigenvalue weighted by molar-refractivity contribution is -0.176. The zero-order valence-electron chi connectivity index (χ0n) is 22.4. The van der Waals surface area contributed by atoms with E-state index in [1.807, 2.05) is 18.2 Å². The molecule has 3 aromatic rings. The van der Waals surface area contributed by atoms with Crippen LogP contribution in [0.2, 0.25) is 0 Å². The highest BCUT2D eigenvalue weighted by Crippen LogP contribution is 2.35. The normalized spacial score (nSPS) is 22.9. The van der Waals surface area contributed by atoms with E-state index in [1.54, 1.807) is 6.20 Å². The lowest BCUT2D eigenvalue weighted by Crippen LogP contribution is -2.36. The molecular weight excluding hydrogens is 497 g/mol. The summed E-state index contributed by atoms with van der Waals surface area (Å²) in [6.45, 7) is 2.75. The number of halogens is 1. The molecule has 3 aliphatic heterocycles. The van der Waals surface area contributed by atoms with E-state index in [0.717, 1.165) is 79.5 Å². The molecule has 0 spiro atoms. The van der Waals surface area contributed by atoms with Crippen molar-refractivity contribution in [3.63, 3.8) is 0 Å². The van der Waals surface area contributed by atoms with Crippen LogP contribution in [0.5, 0.6) is 0 Å². The zero-order chi connectivity index (χ0) is 26.6. The van der Waals surface area contributed by atoms with E-state index in [2.05, 4.69) is 32.5 Å². The minimum Gasteiger partial charge on any atom is -0.434 e. The Labute approximate surface area is 228 Å². The van der Waals surface area contributed by atoms with Gasteiger partial charge < -0.3 is 14.8 Å². The van der Waals surface area contributed by atoms with Crippen molar-refractivity contribution < 1.29 is 18.7 Å². The van der Waals surface area contributed by atoms with Crippen LogP contribution >= 0.6 is 0 Å². The van der Waals surface area contributed by atoms with Crippen LogP contribution in [0, 0.1) is 5.92 Å². The molecule has 0 saturated carbocycles. The van der Waals surface area contributed by atoms with Crippen molar-refractivity contribution in [3.05, 3.63) is 53.3 Å². The van der Waals surface area contributed by atoms with Gasteiger partial charge in [-0.3, -0.25) is 10.00 Å². The largest absolute Gasteiger partial charge is 0.434 e. The quantitative estimate of drug-likeness (QED) is 0.275. The third-order valence-electron chi connectivity index (χ3n) is 8.41. The summed E-state index contributed by atoms with van der Waals surface area (Å²) in [5.74, 6) is 0.578. The monoisotopic (exact) mass is 535 g/mol. The predicted molar refractivity (Wildman–Crippen MR) is 147 cm³/mol. The molecule has 2 aromatic heterocycles. The topological polar surface area (TPSA) is 92.4 Å². The Kier molecular flexibility index (Phi) is 8.06. The number of pyridine rings is 1. The number of aromatic nitrogens is 3. The fourth-order valence-electron chi connectivity index (χ4n) is 6.26. The zero-order valence-corrected chi connectivity index (χ0v) is 22.4. The first-order valence-corrected chi connectivity index (χ1v) is 14.5. The van der Waals surface area contributed by atoms with E-state index in [9.17, 15) is 4.79 Å². The molecule has 39 heavy (non-hydrogen) atoms. The van der Waals surface area contributed by atoms with Crippen LogP contribution in [0.4, 0.5) is 10.2 Å². The summed E-state index contributed by atoms with van der Waals surface area (Å²) in [5.41, 5.74) is 4.00. The Morgan fingerprint density at radius 3 is 3.05 bits per heavy atom. The van der Waals surface area contributed by atoms with Gasteiger partial charge in [0.15, 0.2) is 0 Å². The highest BCUT2D eigenvalue weighted by molar-refractivity contribution is 5.88. The summed E-state index contributed by atoms with van der Waals surface area (Å²) < 4.78 is 26.8. The molecule has 2 fully saturated rings. The van der Waals surface area contributed by atoms with Crippen LogP contribution in [-0.4, -0.2) is 64.8 Å². The molecule has 8 nitrogen and oxygen atoms in total. The highest BCUT2D eigenvalue weighted by Gasteiger charge is 2.39. The molecule has 0 amide bonds. The number of aryl methyl sites for hydroxylation is 2. The summed E-state index contributed by atoms with van der Waals surface area (Å²) >= 11 is 0. The molecule has 2 saturated heterocycles. The van der Waals surface area contributed by atoms with Crippen LogP contribution in [-0.2, 0) is 27.1 Å². The van der Waals surface area contributed by atoms with Crippen molar-refractivity contribution in [3.8, 4) is 0 Å². The number of esters is 1. The van der Waals surface area contributed by atoms with E-state index in [4.69, 9.17) is 14.5 Å². The molecule has 6 rings (SSSR count). The Morgan fingerprint density at radius 1 is 1.21 bits per heavy atom. The summed E-state index contributed by atoms with van der Waals surface area (Å²) in [6, 6.07) is 9.50. The molecule has 208 valence electrons. The molecule has 0 bridgehead atoms. The van der Waals surface area contributed by atoms with Gasteiger partial charge in [0, 0.05) is 42.1 Å². The molecule has 0 aliphatic carbocycles. The van der Waals surface area contributed by atoms with E-state index in [0.29, 0.717) is 32.5 Å². The van der Waals surface area contributed by atoms with Gasteiger partial charge in [-0.2, -0.15) is 5.10 Å². The predicted octanol–water partition coefficient (Wildman–Crippen LogP) is 5.11. The van der Waals surface area contributed by atoms with E-state index < -0.39 is 18.5 Å². The molecule has 4 atom stereocenters. The number of rotatable bonds is 10. The number of alkyl halides is 1. The smallest absolute Gasteiger partial charge is 0.330 e. The lowest BCUT2D eigenvalue weighted by Gasteiger charge is -2.28. The van der Waals surface area contributed by atoms with Gasteiger partial charge in [0.25, 0.3) is 0 Å². The standard InChI is InChI=1S/C30H38FN5O3/c31-25(10-2-1-8-23-13-12-20-7-4-15-32-29(20)34-23)22-14-16-36(19-22)28(30(37)39-26-11-5-17-38-26)24-9-3-6-21-18-33-35-27(21)24/h3,6,9,12-13,18,22,25-26,28H,1-2,4-5,7-8,10-11,14-17,19H2,(H,32,34)(H,33,35)/t22-,25+,26?,28+/m1/s1. The van der Waals surface area contributed by atoms with Crippen LogP contribution in [0.25, 0.3) is 10.9 Å². The van der Waals surface area contributed by atoms with Gasteiger partial charge in [0.2, 0.25) is 6.29 Å². The number of carbonyl (C=O) groups excluding carboxylic acids is 1. The molecule has 1 aromatic carbocycles. The number of H-pyrrole nitrogens is 1. The molecule has 0 radical (unpaired) electrons. The van der Waals surface area contributed by atoms with E-state index in [-0.39, 0.29) is 11.9 Å². The maximum absolute atomic E-state index is 15.4. The maximum Gasteiger partial charge on any atom is 0.330 e. The maximum atomic E-state index is 15.4. The Hall–Kier alpha value is -3.04. The molecule has 9 heteroatoms. The number of hydrogen-bond donors (Lipinski definition) is 2. The molecule has 1 unspecified atom stereocenters. The van der Waals surface area contributed by atoms with Crippen molar-refractivity contribution in [2.45, 2.75) is 76.3 Å². The third kappa shape index (κ3) is 5.94. The van der Waals surface area contributed by atoms with Gasteiger partial charge in [-0.25, -0.2) is 14.2 Å². The average molecular weight is 536 g/mol. The number of likely N-dealkylation sites (tertiary alicyclic amines) is 1.